The van der Waals surface area contributed by atoms with Gasteiger partial charge in [0.15, 0.2) is 5.78 Å². The fourth-order valence-corrected chi connectivity index (χ4v) is 4.15. The maximum Gasteiger partial charge on any atom is 0.317 e. The lowest BCUT2D eigenvalue weighted by molar-refractivity contribution is -0.151. The molecule has 0 heterocycles. The Bertz CT molecular complexity index is 1040. The van der Waals surface area contributed by atoms with Gasteiger partial charge in [-0.2, -0.15) is 0 Å². The van der Waals surface area contributed by atoms with E-state index in [1.807, 2.05) is 36.4 Å². The van der Waals surface area contributed by atoms with E-state index in [4.69, 9.17) is 4.74 Å². The average molecular weight is 413 g/mol. The lowest BCUT2D eigenvalue weighted by Gasteiger charge is -2.29. The fourth-order valence-electron chi connectivity index (χ4n) is 3.59. The van der Waals surface area contributed by atoms with Crippen molar-refractivity contribution in [3.8, 4) is 0 Å². The van der Waals surface area contributed by atoms with Crippen molar-refractivity contribution < 1.29 is 22.7 Å². The number of nitrogens with one attached hydrogen (secondary N) is 1. The number of ketones is 1. The Labute approximate surface area is 170 Å². The molecule has 0 aromatic heterocycles. The third-order valence-corrected chi connectivity index (χ3v) is 5.38. The minimum atomic E-state index is -3.41. The quantitative estimate of drug-likeness (QED) is 0.579. The van der Waals surface area contributed by atoms with Crippen molar-refractivity contribution in [2.75, 3.05) is 17.6 Å². The monoisotopic (exact) mass is 413 g/mol. The van der Waals surface area contributed by atoms with Gasteiger partial charge in [0.1, 0.15) is 5.92 Å². The smallest absolute Gasteiger partial charge is 0.317 e. The van der Waals surface area contributed by atoms with E-state index >= 15 is 0 Å². The zero-order valence-electron chi connectivity index (χ0n) is 16.3. The Balaban J connectivity index is 1.99. The Morgan fingerprint density at radius 3 is 2.52 bits per heavy atom. The molecule has 152 valence electrons. The predicted molar refractivity (Wildman–Crippen MR) is 112 cm³/mol. The van der Waals surface area contributed by atoms with Crippen molar-refractivity contribution in [1.29, 1.82) is 0 Å². The fraction of sp³-hybridized carbons (Fsp3) is 0.273. The normalized spacial score (nSPS) is 19.4. The molecule has 1 N–H and O–H groups in total. The molecule has 0 bridgehead atoms. The van der Waals surface area contributed by atoms with E-state index in [2.05, 4.69) is 4.72 Å². The molecule has 2 atom stereocenters. The molecule has 6 nitrogen and oxygen atoms in total. The van der Waals surface area contributed by atoms with Crippen LogP contribution in [0.4, 0.5) is 5.69 Å². The lowest BCUT2D eigenvalue weighted by Crippen LogP contribution is -2.34. The second kappa shape index (κ2) is 8.61. The molecule has 0 saturated carbocycles. The van der Waals surface area contributed by atoms with Gasteiger partial charge in [0.25, 0.3) is 0 Å². The SMILES string of the molecule is CCOC(=O)[C@H]1C(=O)C=C(c2cccc(NS(C)(=O)=O)c2)C[C@@H]1c1ccccc1. The average Bonchev–Trinajstić information content (AvgIpc) is 2.67. The number of hydrogen-bond donors (Lipinski definition) is 1. The molecule has 2 aromatic rings. The van der Waals surface area contributed by atoms with Crippen molar-refractivity contribution in [3.05, 3.63) is 71.8 Å². The number of sulfonamides is 1. The Morgan fingerprint density at radius 2 is 1.86 bits per heavy atom. The number of benzene rings is 2. The van der Waals surface area contributed by atoms with E-state index in [1.165, 1.54) is 6.08 Å². The number of carbonyl (C=O) groups is 2. The molecule has 7 heteroatoms. The van der Waals surface area contributed by atoms with Gasteiger partial charge in [-0.25, -0.2) is 8.42 Å². The summed E-state index contributed by atoms with van der Waals surface area (Å²) in [6.07, 6.45) is 3.01. The van der Waals surface area contributed by atoms with Crippen LogP contribution >= 0.6 is 0 Å². The first kappa shape index (κ1) is 20.8. The minimum Gasteiger partial charge on any atom is -0.465 e. The van der Waals surface area contributed by atoms with Crippen molar-refractivity contribution in [2.24, 2.45) is 5.92 Å². The summed E-state index contributed by atoms with van der Waals surface area (Å²) in [5.74, 6) is -2.07. The highest BCUT2D eigenvalue weighted by atomic mass is 32.2. The Hall–Kier alpha value is -2.93. The summed E-state index contributed by atoms with van der Waals surface area (Å²) in [7, 11) is -3.41. The van der Waals surface area contributed by atoms with Crippen LogP contribution in [0, 0.1) is 5.92 Å². The molecule has 0 aliphatic heterocycles. The maximum atomic E-state index is 12.9. The first-order valence-corrected chi connectivity index (χ1v) is 11.2. The van der Waals surface area contributed by atoms with Gasteiger partial charge in [-0.3, -0.25) is 14.3 Å². The zero-order chi connectivity index (χ0) is 21.0. The molecule has 0 amide bonds. The van der Waals surface area contributed by atoms with Gasteiger partial charge in [-0.05, 0) is 48.3 Å². The van der Waals surface area contributed by atoms with E-state index in [-0.39, 0.29) is 18.3 Å². The van der Waals surface area contributed by atoms with Crippen molar-refractivity contribution in [3.63, 3.8) is 0 Å². The van der Waals surface area contributed by atoms with Crippen LogP contribution in [0.1, 0.15) is 30.4 Å². The predicted octanol–water partition coefficient (Wildman–Crippen LogP) is 3.38. The molecule has 1 aliphatic rings. The van der Waals surface area contributed by atoms with E-state index in [1.54, 1.807) is 25.1 Å². The van der Waals surface area contributed by atoms with Crippen LogP contribution in [0.25, 0.3) is 5.57 Å². The van der Waals surface area contributed by atoms with Gasteiger partial charge in [0, 0.05) is 11.6 Å². The molecular weight excluding hydrogens is 390 g/mol. The number of hydrogen-bond acceptors (Lipinski definition) is 5. The molecule has 2 aromatic carbocycles. The van der Waals surface area contributed by atoms with E-state index in [9.17, 15) is 18.0 Å². The van der Waals surface area contributed by atoms with Gasteiger partial charge in [-0.1, -0.05) is 42.5 Å². The van der Waals surface area contributed by atoms with Crippen LogP contribution < -0.4 is 4.72 Å². The van der Waals surface area contributed by atoms with Crippen LogP contribution in [0.15, 0.2) is 60.7 Å². The first-order chi connectivity index (χ1) is 13.8. The number of esters is 1. The molecule has 1 aliphatic carbocycles. The zero-order valence-corrected chi connectivity index (χ0v) is 17.1. The summed E-state index contributed by atoms with van der Waals surface area (Å²) in [4.78, 5) is 25.4. The molecule has 0 spiro atoms. The Kier molecular flexibility index (Phi) is 6.17. The number of carbonyl (C=O) groups excluding carboxylic acids is 2. The molecule has 0 unspecified atom stereocenters. The van der Waals surface area contributed by atoms with Gasteiger partial charge in [0.05, 0.1) is 12.9 Å². The largest absolute Gasteiger partial charge is 0.465 e. The molecule has 0 fully saturated rings. The molecular formula is C22H23NO5S. The van der Waals surface area contributed by atoms with Gasteiger partial charge in [-0.15, -0.1) is 0 Å². The highest BCUT2D eigenvalue weighted by Crippen LogP contribution is 2.40. The highest BCUT2D eigenvalue weighted by Gasteiger charge is 2.39. The summed E-state index contributed by atoms with van der Waals surface area (Å²) in [5.41, 5.74) is 2.79. The number of rotatable bonds is 6. The van der Waals surface area contributed by atoms with Crippen LogP contribution in [0.3, 0.4) is 0 Å². The molecule has 29 heavy (non-hydrogen) atoms. The van der Waals surface area contributed by atoms with Crippen LogP contribution in [-0.2, 0) is 24.3 Å². The summed E-state index contributed by atoms with van der Waals surface area (Å²) < 4.78 is 30.6. The van der Waals surface area contributed by atoms with E-state index in [0.717, 1.165) is 23.0 Å². The summed E-state index contributed by atoms with van der Waals surface area (Å²) >= 11 is 0. The number of anilines is 1. The number of ether oxygens (including phenoxy) is 1. The summed E-state index contributed by atoms with van der Waals surface area (Å²) in [6, 6.07) is 16.3. The third-order valence-electron chi connectivity index (χ3n) is 4.77. The first-order valence-electron chi connectivity index (χ1n) is 9.32. The molecule has 0 saturated heterocycles. The second-order valence-corrected chi connectivity index (χ2v) is 8.73. The van der Waals surface area contributed by atoms with Gasteiger partial charge >= 0.3 is 5.97 Å². The summed E-state index contributed by atoms with van der Waals surface area (Å²) in [5, 5.41) is 0. The van der Waals surface area contributed by atoms with E-state index in [0.29, 0.717) is 12.1 Å². The topological polar surface area (TPSA) is 89.5 Å². The second-order valence-electron chi connectivity index (χ2n) is 6.98. The van der Waals surface area contributed by atoms with Crippen molar-refractivity contribution in [2.45, 2.75) is 19.3 Å². The van der Waals surface area contributed by atoms with Crippen molar-refractivity contribution in [1.82, 2.24) is 0 Å². The van der Waals surface area contributed by atoms with Crippen molar-refractivity contribution >= 4 is 33.0 Å². The lowest BCUT2D eigenvalue weighted by atomic mass is 9.73. The molecule has 0 radical (unpaired) electrons. The summed E-state index contributed by atoms with van der Waals surface area (Å²) in [6.45, 7) is 1.92. The van der Waals surface area contributed by atoms with E-state index < -0.39 is 21.9 Å². The standard InChI is InChI=1S/C22H23NO5S/c1-3-28-22(25)21-19(15-8-5-4-6-9-15)13-17(14-20(21)24)16-10-7-11-18(12-16)23-29(2,26)27/h4-12,14,19,21,23H,3,13H2,1-2H3/t19-,21-/m1/s1. The van der Waals surface area contributed by atoms with Crippen LogP contribution in [0.2, 0.25) is 0 Å². The minimum absolute atomic E-state index is 0.208. The molecule has 3 rings (SSSR count). The van der Waals surface area contributed by atoms with Gasteiger partial charge in [0.2, 0.25) is 10.0 Å². The third kappa shape index (κ3) is 5.12. The highest BCUT2D eigenvalue weighted by molar-refractivity contribution is 7.92. The van der Waals surface area contributed by atoms with Gasteiger partial charge < -0.3 is 4.74 Å². The van der Waals surface area contributed by atoms with Crippen LogP contribution in [-0.4, -0.2) is 33.0 Å². The van der Waals surface area contributed by atoms with Crippen LogP contribution in [0.5, 0.6) is 0 Å². The maximum absolute atomic E-state index is 12.9. The Morgan fingerprint density at radius 1 is 1.14 bits per heavy atom. The number of allylic oxidation sites excluding steroid dienone is 2.